The van der Waals surface area contributed by atoms with Crippen LogP contribution in [0.5, 0.6) is 5.75 Å². The van der Waals surface area contributed by atoms with E-state index in [0.29, 0.717) is 19.8 Å². The smallest absolute Gasteiger partial charge is 0.191 e. The lowest BCUT2D eigenvalue weighted by Gasteiger charge is -2.12. The number of aryl methyl sites for hydroxylation is 1. The molecule has 1 aromatic carbocycles. The third-order valence-electron chi connectivity index (χ3n) is 3.74. The number of rotatable bonds is 10. The number of nitrogens with one attached hydrogen (secondary N) is 2. The van der Waals surface area contributed by atoms with Gasteiger partial charge in [-0.1, -0.05) is 19.1 Å². The zero-order chi connectivity index (χ0) is 18.6. The molecular formula is C19H29IN4O2S. The van der Waals surface area contributed by atoms with E-state index in [-0.39, 0.29) is 24.0 Å². The molecule has 2 N–H and O–H groups in total. The zero-order valence-corrected chi connectivity index (χ0v) is 19.3. The Bertz CT molecular complexity index is 677. The topological polar surface area (TPSA) is 67.8 Å². The number of guanidine groups is 1. The summed E-state index contributed by atoms with van der Waals surface area (Å²) in [6.45, 7) is 4.81. The molecule has 2 rings (SSSR count). The van der Waals surface area contributed by atoms with Crippen molar-refractivity contribution in [2.75, 3.05) is 33.9 Å². The van der Waals surface area contributed by atoms with Crippen LogP contribution in [-0.2, 0) is 24.1 Å². The number of methoxy groups -OCH3 is 1. The monoisotopic (exact) mass is 504 g/mol. The first-order chi connectivity index (χ1) is 12.7. The van der Waals surface area contributed by atoms with E-state index in [0.717, 1.165) is 36.1 Å². The van der Waals surface area contributed by atoms with Crippen molar-refractivity contribution >= 4 is 41.3 Å². The number of nitrogens with zero attached hydrogens (tertiary/aromatic N) is 2. The number of hydrogen-bond donors (Lipinski definition) is 2. The quantitative estimate of drug-likeness (QED) is 0.225. The van der Waals surface area contributed by atoms with Gasteiger partial charge >= 0.3 is 0 Å². The van der Waals surface area contributed by atoms with Gasteiger partial charge in [-0.3, -0.25) is 4.99 Å². The molecule has 0 fully saturated rings. The first-order valence-electron chi connectivity index (χ1n) is 8.84. The molecule has 0 saturated heterocycles. The summed E-state index contributed by atoms with van der Waals surface area (Å²) in [4.78, 5) is 10.0. The van der Waals surface area contributed by atoms with Crippen molar-refractivity contribution in [1.29, 1.82) is 0 Å². The third-order valence-corrected chi connectivity index (χ3v) is 4.95. The van der Waals surface area contributed by atoms with Crippen molar-refractivity contribution in [3.63, 3.8) is 0 Å². The molecule has 150 valence electrons. The standard InChI is InChI=1S/C19H28N4O2S.HI/c1-4-17-14-22-18(26-17)9-10-21-19(20-2)23-13-15-5-7-16(8-6-15)25-12-11-24-3;/h5-8,14H,4,9-13H2,1-3H3,(H2,20,21,23);1H. The predicted molar refractivity (Wildman–Crippen MR) is 123 cm³/mol. The second-order valence-electron chi connectivity index (χ2n) is 5.66. The van der Waals surface area contributed by atoms with E-state index in [2.05, 4.69) is 27.5 Å². The SMILES string of the molecule is CCc1cnc(CCNC(=NC)NCc2ccc(OCCOC)cc2)s1.I. The molecule has 2 aromatic rings. The summed E-state index contributed by atoms with van der Waals surface area (Å²) >= 11 is 1.78. The van der Waals surface area contributed by atoms with Crippen LogP contribution in [0.1, 0.15) is 22.4 Å². The summed E-state index contributed by atoms with van der Waals surface area (Å²) < 4.78 is 10.5. The van der Waals surface area contributed by atoms with Crippen LogP contribution in [0.3, 0.4) is 0 Å². The number of hydrogen-bond acceptors (Lipinski definition) is 5. The van der Waals surface area contributed by atoms with Crippen molar-refractivity contribution in [1.82, 2.24) is 15.6 Å². The fourth-order valence-electron chi connectivity index (χ4n) is 2.27. The van der Waals surface area contributed by atoms with Crippen LogP contribution in [0.4, 0.5) is 0 Å². The Morgan fingerprint density at radius 1 is 1.19 bits per heavy atom. The van der Waals surface area contributed by atoms with E-state index >= 15 is 0 Å². The molecule has 0 bridgehead atoms. The molecule has 0 aliphatic rings. The second-order valence-corrected chi connectivity index (χ2v) is 6.86. The number of halogens is 1. The van der Waals surface area contributed by atoms with E-state index in [4.69, 9.17) is 9.47 Å². The Balaban J connectivity index is 0.00000364. The van der Waals surface area contributed by atoms with Gasteiger partial charge in [0.2, 0.25) is 0 Å². The Hall–Kier alpha value is -1.39. The lowest BCUT2D eigenvalue weighted by Crippen LogP contribution is -2.37. The summed E-state index contributed by atoms with van der Waals surface area (Å²) in [5, 5.41) is 7.81. The van der Waals surface area contributed by atoms with Crippen LogP contribution in [0.15, 0.2) is 35.5 Å². The van der Waals surface area contributed by atoms with Gasteiger partial charge in [-0.05, 0) is 24.1 Å². The third kappa shape index (κ3) is 8.89. The number of ether oxygens (including phenoxy) is 2. The average Bonchev–Trinajstić information content (AvgIpc) is 3.14. The van der Waals surface area contributed by atoms with Gasteiger partial charge in [0.25, 0.3) is 0 Å². The van der Waals surface area contributed by atoms with Crippen molar-refractivity contribution in [2.45, 2.75) is 26.3 Å². The number of benzene rings is 1. The van der Waals surface area contributed by atoms with Crippen molar-refractivity contribution in [2.24, 2.45) is 4.99 Å². The Morgan fingerprint density at radius 2 is 1.96 bits per heavy atom. The Kier molecular flexibility index (Phi) is 12.0. The van der Waals surface area contributed by atoms with Crippen molar-refractivity contribution in [3.05, 3.63) is 45.9 Å². The molecule has 8 heteroatoms. The van der Waals surface area contributed by atoms with Crippen LogP contribution in [0.2, 0.25) is 0 Å². The molecule has 1 heterocycles. The molecule has 6 nitrogen and oxygen atoms in total. The van der Waals surface area contributed by atoms with Gasteiger partial charge in [0.15, 0.2) is 5.96 Å². The minimum Gasteiger partial charge on any atom is -0.491 e. The maximum atomic E-state index is 5.57. The van der Waals surface area contributed by atoms with E-state index in [9.17, 15) is 0 Å². The van der Waals surface area contributed by atoms with E-state index in [1.54, 1.807) is 25.5 Å². The fraction of sp³-hybridized carbons (Fsp3) is 0.474. The van der Waals surface area contributed by atoms with Crippen LogP contribution in [0.25, 0.3) is 0 Å². The predicted octanol–water partition coefficient (Wildman–Crippen LogP) is 3.26. The summed E-state index contributed by atoms with van der Waals surface area (Å²) in [6, 6.07) is 8.03. The Labute approximate surface area is 182 Å². The minimum absolute atomic E-state index is 0. The molecule has 0 amide bonds. The van der Waals surface area contributed by atoms with Gasteiger partial charge in [0.05, 0.1) is 11.6 Å². The number of aromatic nitrogens is 1. The molecule has 0 atom stereocenters. The van der Waals surface area contributed by atoms with Crippen LogP contribution < -0.4 is 15.4 Å². The van der Waals surface area contributed by atoms with E-state index in [1.165, 1.54) is 10.4 Å². The summed E-state index contributed by atoms with van der Waals surface area (Å²) in [7, 11) is 3.44. The van der Waals surface area contributed by atoms with Crippen molar-refractivity contribution in [3.8, 4) is 5.75 Å². The van der Waals surface area contributed by atoms with Crippen molar-refractivity contribution < 1.29 is 9.47 Å². The first-order valence-corrected chi connectivity index (χ1v) is 9.65. The molecule has 0 aliphatic carbocycles. The maximum Gasteiger partial charge on any atom is 0.191 e. The largest absolute Gasteiger partial charge is 0.491 e. The van der Waals surface area contributed by atoms with Gasteiger partial charge in [-0.25, -0.2) is 4.98 Å². The van der Waals surface area contributed by atoms with E-state index in [1.807, 2.05) is 30.5 Å². The summed E-state index contributed by atoms with van der Waals surface area (Å²) in [5.41, 5.74) is 1.17. The summed E-state index contributed by atoms with van der Waals surface area (Å²) in [6.07, 6.45) is 3.92. The van der Waals surface area contributed by atoms with Crippen LogP contribution in [0, 0.1) is 0 Å². The molecular weight excluding hydrogens is 475 g/mol. The highest BCUT2D eigenvalue weighted by Gasteiger charge is 2.03. The van der Waals surface area contributed by atoms with Crippen LogP contribution >= 0.6 is 35.3 Å². The van der Waals surface area contributed by atoms with Gasteiger partial charge in [0.1, 0.15) is 12.4 Å². The molecule has 0 radical (unpaired) electrons. The normalized spacial score (nSPS) is 11.0. The fourth-order valence-corrected chi connectivity index (χ4v) is 3.13. The zero-order valence-electron chi connectivity index (χ0n) is 16.2. The van der Waals surface area contributed by atoms with Crippen LogP contribution in [-0.4, -0.2) is 44.9 Å². The number of aliphatic imine (C=N–C) groups is 1. The first kappa shape index (κ1) is 23.6. The van der Waals surface area contributed by atoms with Gasteiger partial charge < -0.3 is 20.1 Å². The molecule has 0 saturated carbocycles. The van der Waals surface area contributed by atoms with E-state index < -0.39 is 0 Å². The maximum absolute atomic E-state index is 5.57. The highest BCUT2D eigenvalue weighted by Crippen LogP contribution is 2.13. The molecule has 0 unspecified atom stereocenters. The van der Waals surface area contributed by atoms with Gasteiger partial charge in [-0.2, -0.15) is 0 Å². The second kappa shape index (κ2) is 13.7. The molecule has 0 spiro atoms. The average molecular weight is 504 g/mol. The molecule has 1 aromatic heterocycles. The Morgan fingerprint density at radius 3 is 2.59 bits per heavy atom. The lowest BCUT2D eigenvalue weighted by molar-refractivity contribution is 0.146. The highest BCUT2D eigenvalue weighted by atomic mass is 127. The molecule has 0 aliphatic heterocycles. The lowest BCUT2D eigenvalue weighted by atomic mass is 10.2. The number of thiazole rings is 1. The summed E-state index contributed by atoms with van der Waals surface area (Å²) in [5.74, 6) is 1.64. The molecule has 27 heavy (non-hydrogen) atoms. The van der Waals surface area contributed by atoms with Gasteiger partial charge in [-0.15, -0.1) is 35.3 Å². The minimum atomic E-state index is 0. The highest BCUT2D eigenvalue weighted by molar-refractivity contribution is 14.0. The van der Waals surface area contributed by atoms with Gasteiger partial charge in [0, 0.05) is 44.7 Å².